The van der Waals surface area contributed by atoms with Crippen LogP contribution in [-0.2, 0) is 0 Å². The molecule has 4 heteroatoms. The first-order chi connectivity index (χ1) is 7.99. The minimum Gasteiger partial charge on any atom is -0.304 e. The zero-order valence-electron chi connectivity index (χ0n) is 9.97. The molecule has 1 aromatic heterocycles. The third kappa shape index (κ3) is 2.11. The molecule has 0 aliphatic carbocycles. The fourth-order valence-electron chi connectivity index (χ4n) is 1.60. The molecule has 17 heavy (non-hydrogen) atoms. The van der Waals surface area contributed by atoms with Gasteiger partial charge in [0, 0.05) is 5.56 Å². The molecular formula is C13H13FN2O. The number of nitrogens with one attached hydrogen (secondary N) is 1. The van der Waals surface area contributed by atoms with Crippen LogP contribution in [0.2, 0.25) is 0 Å². The maximum Gasteiger partial charge on any atom is 0.287 e. The van der Waals surface area contributed by atoms with Crippen LogP contribution in [0.1, 0.15) is 16.8 Å². The van der Waals surface area contributed by atoms with Crippen molar-refractivity contribution in [3.8, 4) is 11.4 Å². The lowest BCUT2D eigenvalue weighted by Gasteiger charge is -2.05. The van der Waals surface area contributed by atoms with Crippen LogP contribution in [-0.4, -0.2) is 9.97 Å². The third-order valence-corrected chi connectivity index (χ3v) is 2.81. The first kappa shape index (κ1) is 11.5. The number of benzene rings is 1. The van der Waals surface area contributed by atoms with Crippen molar-refractivity contribution in [2.45, 2.75) is 20.8 Å². The molecule has 0 bridgehead atoms. The van der Waals surface area contributed by atoms with Crippen LogP contribution in [0.15, 0.2) is 23.0 Å². The number of nitrogens with zero attached hydrogens (tertiary/aromatic N) is 1. The molecule has 0 radical (unpaired) electrons. The molecule has 0 saturated heterocycles. The Bertz CT molecular complexity index is 632. The lowest BCUT2D eigenvalue weighted by molar-refractivity contribution is 0.589. The van der Waals surface area contributed by atoms with Gasteiger partial charge >= 0.3 is 0 Å². The summed E-state index contributed by atoms with van der Waals surface area (Å²) in [6, 6.07) is 5.73. The summed E-state index contributed by atoms with van der Waals surface area (Å²) in [5.74, 6) is -0.422. The summed E-state index contributed by atoms with van der Waals surface area (Å²) in [5, 5.41) is 0. The number of aromatic nitrogens is 2. The highest BCUT2D eigenvalue weighted by Gasteiger charge is 2.08. The van der Waals surface area contributed by atoms with Gasteiger partial charge in [0.25, 0.3) is 5.56 Å². The molecule has 0 saturated carbocycles. The molecule has 2 rings (SSSR count). The van der Waals surface area contributed by atoms with Gasteiger partial charge in [-0.3, -0.25) is 4.79 Å². The van der Waals surface area contributed by atoms with Crippen LogP contribution >= 0.6 is 0 Å². The number of halogens is 1. The number of aromatic amines is 1. The van der Waals surface area contributed by atoms with Gasteiger partial charge in [0.1, 0.15) is 5.82 Å². The normalized spacial score (nSPS) is 10.6. The second-order valence-electron chi connectivity index (χ2n) is 4.11. The fraction of sp³-hybridized carbons (Fsp3) is 0.231. The Morgan fingerprint density at radius 2 is 1.88 bits per heavy atom. The number of aryl methyl sites for hydroxylation is 3. The van der Waals surface area contributed by atoms with Gasteiger partial charge in [0.2, 0.25) is 5.82 Å². The smallest absolute Gasteiger partial charge is 0.287 e. The predicted molar refractivity (Wildman–Crippen MR) is 64.5 cm³/mol. The Morgan fingerprint density at radius 1 is 1.18 bits per heavy atom. The number of rotatable bonds is 1. The van der Waals surface area contributed by atoms with Crippen LogP contribution < -0.4 is 5.56 Å². The van der Waals surface area contributed by atoms with E-state index in [-0.39, 0.29) is 5.69 Å². The second kappa shape index (κ2) is 4.13. The third-order valence-electron chi connectivity index (χ3n) is 2.81. The van der Waals surface area contributed by atoms with Gasteiger partial charge < -0.3 is 4.98 Å². The average molecular weight is 232 g/mol. The highest BCUT2D eigenvalue weighted by atomic mass is 19.1. The lowest BCUT2D eigenvalue weighted by Crippen LogP contribution is -2.15. The molecule has 88 valence electrons. The molecule has 0 fully saturated rings. The van der Waals surface area contributed by atoms with Gasteiger partial charge in [-0.2, -0.15) is 4.39 Å². The van der Waals surface area contributed by atoms with Crippen molar-refractivity contribution >= 4 is 0 Å². The molecule has 0 atom stereocenters. The summed E-state index contributed by atoms with van der Waals surface area (Å²) in [4.78, 5) is 17.8. The number of H-pyrrole nitrogens is 1. The van der Waals surface area contributed by atoms with Crippen molar-refractivity contribution in [3.05, 3.63) is 51.2 Å². The van der Waals surface area contributed by atoms with Gasteiger partial charge in [-0.05, 0) is 38.0 Å². The molecule has 2 aromatic rings. The zero-order valence-corrected chi connectivity index (χ0v) is 9.97. The summed E-state index contributed by atoms with van der Waals surface area (Å²) in [7, 11) is 0. The molecule has 0 unspecified atom stereocenters. The van der Waals surface area contributed by atoms with Crippen LogP contribution in [0.25, 0.3) is 11.4 Å². The van der Waals surface area contributed by atoms with E-state index >= 15 is 0 Å². The molecule has 0 aliphatic heterocycles. The molecule has 1 N–H and O–H groups in total. The highest BCUT2D eigenvalue weighted by Crippen LogP contribution is 2.18. The quantitative estimate of drug-likeness (QED) is 0.821. The van der Waals surface area contributed by atoms with E-state index in [9.17, 15) is 9.18 Å². The van der Waals surface area contributed by atoms with E-state index in [1.807, 2.05) is 32.0 Å². The maximum atomic E-state index is 13.2. The van der Waals surface area contributed by atoms with E-state index in [4.69, 9.17) is 0 Å². The summed E-state index contributed by atoms with van der Waals surface area (Å²) < 4.78 is 13.2. The van der Waals surface area contributed by atoms with Crippen molar-refractivity contribution < 1.29 is 4.39 Å². The van der Waals surface area contributed by atoms with Gasteiger partial charge in [-0.15, -0.1) is 0 Å². The zero-order chi connectivity index (χ0) is 12.6. The van der Waals surface area contributed by atoms with Crippen molar-refractivity contribution in [3.63, 3.8) is 0 Å². The maximum absolute atomic E-state index is 13.2. The van der Waals surface area contributed by atoms with E-state index in [1.54, 1.807) is 0 Å². The van der Waals surface area contributed by atoms with E-state index in [2.05, 4.69) is 9.97 Å². The lowest BCUT2D eigenvalue weighted by atomic mass is 10.1. The molecule has 0 aliphatic rings. The molecule has 0 spiro atoms. The van der Waals surface area contributed by atoms with Crippen LogP contribution in [0.5, 0.6) is 0 Å². The summed E-state index contributed by atoms with van der Waals surface area (Å²) in [5.41, 5.74) is 2.43. The van der Waals surface area contributed by atoms with E-state index in [0.29, 0.717) is 5.82 Å². The van der Waals surface area contributed by atoms with Crippen molar-refractivity contribution in [2.75, 3.05) is 0 Å². The molecule has 1 heterocycles. The van der Waals surface area contributed by atoms with E-state index < -0.39 is 11.4 Å². The highest BCUT2D eigenvalue weighted by molar-refractivity contribution is 5.57. The van der Waals surface area contributed by atoms with Crippen LogP contribution in [0, 0.1) is 26.6 Å². The summed E-state index contributed by atoms with van der Waals surface area (Å²) >= 11 is 0. The largest absolute Gasteiger partial charge is 0.304 e. The molecule has 3 nitrogen and oxygen atoms in total. The summed E-state index contributed by atoms with van der Waals surface area (Å²) in [6.07, 6.45) is 0. The monoisotopic (exact) mass is 232 g/mol. The molecular weight excluding hydrogens is 219 g/mol. The van der Waals surface area contributed by atoms with Crippen molar-refractivity contribution in [1.29, 1.82) is 0 Å². The SMILES string of the molecule is Cc1ccc(-c2nc(C)c(F)c(=O)[nH]2)cc1C. The Balaban J connectivity index is 2.61. The first-order valence-corrected chi connectivity index (χ1v) is 5.33. The molecule has 0 amide bonds. The number of hydrogen-bond acceptors (Lipinski definition) is 2. The second-order valence-corrected chi connectivity index (χ2v) is 4.11. The van der Waals surface area contributed by atoms with E-state index in [1.165, 1.54) is 6.92 Å². The van der Waals surface area contributed by atoms with Crippen LogP contribution in [0.3, 0.4) is 0 Å². The van der Waals surface area contributed by atoms with Gasteiger partial charge in [0.05, 0.1) is 5.69 Å². The first-order valence-electron chi connectivity index (χ1n) is 5.33. The Morgan fingerprint density at radius 3 is 2.47 bits per heavy atom. The van der Waals surface area contributed by atoms with Crippen molar-refractivity contribution in [2.24, 2.45) is 0 Å². The van der Waals surface area contributed by atoms with Gasteiger partial charge in [-0.1, -0.05) is 12.1 Å². The van der Waals surface area contributed by atoms with Crippen LogP contribution in [0.4, 0.5) is 4.39 Å². The average Bonchev–Trinajstić information content (AvgIpc) is 2.29. The Hall–Kier alpha value is -1.97. The fourth-order valence-corrected chi connectivity index (χ4v) is 1.60. The van der Waals surface area contributed by atoms with Gasteiger partial charge in [0.15, 0.2) is 0 Å². The topological polar surface area (TPSA) is 45.8 Å². The minimum atomic E-state index is -0.822. The molecule has 1 aromatic carbocycles. The Kier molecular flexibility index (Phi) is 2.79. The standard InChI is InChI=1S/C13H13FN2O/c1-7-4-5-10(6-8(7)2)12-15-9(3)11(14)13(17)16-12/h4-6H,1-3H3,(H,15,16,17). The van der Waals surface area contributed by atoms with Crippen molar-refractivity contribution in [1.82, 2.24) is 9.97 Å². The number of hydrogen-bond donors (Lipinski definition) is 1. The predicted octanol–water partition coefficient (Wildman–Crippen LogP) is 2.50. The Labute approximate surface area is 98.3 Å². The summed E-state index contributed by atoms with van der Waals surface area (Å²) in [6.45, 7) is 5.47. The van der Waals surface area contributed by atoms with Gasteiger partial charge in [-0.25, -0.2) is 4.98 Å². The van der Waals surface area contributed by atoms with E-state index in [0.717, 1.165) is 16.7 Å². The minimum absolute atomic E-state index is 0.113.